The van der Waals surface area contributed by atoms with E-state index in [1.165, 1.54) is 0 Å². The molecular formula is C20H27ClN4O4. The maximum absolute atomic E-state index is 12.8. The van der Waals surface area contributed by atoms with Gasteiger partial charge in [0.25, 0.3) is 11.8 Å². The summed E-state index contributed by atoms with van der Waals surface area (Å²) < 4.78 is 5.32. The predicted molar refractivity (Wildman–Crippen MR) is 108 cm³/mol. The summed E-state index contributed by atoms with van der Waals surface area (Å²) in [6, 6.07) is 4.71. The largest absolute Gasteiger partial charge is 0.496 e. The highest BCUT2D eigenvalue weighted by molar-refractivity contribution is 6.30. The standard InChI is InChI=1S/C20H27ClN4O4/c1-13-6-8-20(9-7-13)18(27)25(19(28)22-20)23-17(26)12-24(2)11-14-10-15(21)4-5-16(14)29-3/h4-5,10,13H,6-9,11-12H2,1-3H3,(H,22,28)(H,23,26). The van der Waals surface area contributed by atoms with Crippen LogP contribution in [-0.2, 0) is 16.1 Å². The number of ether oxygens (including phenoxy) is 1. The normalized spacial score (nSPS) is 24.2. The minimum absolute atomic E-state index is 0.00321. The van der Waals surface area contributed by atoms with Gasteiger partial charge in [0, 0.05) is 17.1 Å². The van der Waals surface area contributed by atoms with E-state index < -0.39 is 17.5 Å². The lowest BCUT2D eigenvalue weighted by atomic mass is 9.77. The van der Waals surface area contributed by atoms with Crippen LogP contribution in [0.15, 0.2) is 18.2 Å². The summed E-state index contributed by atoms with van der Waals surface area (Å²) in [6.45, 7) is 2.55. The van der Waals surface area contributed by atoms with E-state index in [9.17, 15) is 14.4 Å². The predicted octanol–water partition coefficient (Wildman–Crippen LogP) is 2.31. The number of carbonyl (C=O) groups is 3. The summed E-state index contributed by atoms with van der Waals surface area (Å²) >= 11 is 6.05. The van der Waals surface area contributed by atoms with Gasteiger partial charge in [0.2, 0.25) is 0 Å². The van der Waals surface area contributed by atoms with Crippen molar-refractivity contribution in [1.82, 2.24) is 20.7 Å². The molecule has 1 saturated carbocycles. The molecule has 0 aromatic heterocycles. The second-order valence-corrected chi connectivity index (χ2v) is 8.44. The first-order valence-electron chi connectivity index (χ1n) is 9.71. The number of likely N-dealkylation sites (N-methyl/N-ethyl adjacent to an activating group) is 1. The first-order chi connectivity index (χ1) is 13.7. The summed E-state index contributed by atoms with van der Waals surface area (Å²) in [5.41, 5.74) is 2.41. The minimum atomic E-state index is -0.878. The molecule has 4 amide bonds. The highest BCUT2D eigenvalue weighted by atomic mass is 35.5. The minimum Gasteiger partial charge on any atom is -0.496 e. The zero-order valence-corrected chi connectivity index (χ0v) is 17.7. The van der Waals surface area contributed by atoms with Crippen molar-refractivity contribution in [3.8, 4) is 5.75 Å². The van der Waals surface area contributed by atoms with Crippen molar-refractivity contribution < 1.29 is 19.1 Å². The molecule has 2 N–H and O–H groups in total. The maximum atomic E-state index is 12.8. The van der Waals surface area contributed by atoms with Gasteiger partial charge in [-0.25, -0.2) is 4.79 Å². The Labute approximate surface area is 175 Å². The van der Waals surface area contributed by atoms with Gasteiger partial charge in [-0.15, -0.1) is 0 Å². The summed E-state index contributed by atoms with van der Waals surface area (Å²) in [5, 5.41) is 4.19. The van der Waals surface area contributed by atoms with Gasteiger partial charge < -0.3 is 10.1 Å². The molecule has 9 heteroatoms. The van der Waals surface area contributed by atoms with Gasteiger partial charge in [-0.2, -0.15) is 5.01 Å². The van der Waals surface area contributed by atoms with E-state index in [0.29, 0.717) is 36.1 Å². The zero-order chi connectivity index (χ0) is 21.2. The third kappa shape index (κ3) is 4.64. The molecule has 0 bridgehead atoms. The molecule has 1 aliphatic heterocycles. The second kappa shape index (κ2) is 8.59. The Hall–Kier alpha value is -2.32. The third-order valence-electron chi connectivity index (χ3n) is 5.62. The summed E-state index contributed by atoms with van der Waals surface area (Å²) in [5.74, 6) is 0.385. The molecular weight excluding hydrogens is 396 g/mol. The molecule has 1 saturated heterocycles. The smallest absolute Gasteiger partial charge is 0.344 e. The fourth-order valence-electron chi connectivity index (χ4n) is 3.94. The van der Waals surface area contributed by atoms with Crippen LogP contribution < -0.4 is 15.5 Å². The monoisotopic (exact) mass is 422 g/mol. The van der Waals surface area contributed by atoms with Gasteiger partial charge >= 0.3 is 6.03 Å². The lowest BCUT2D eigenvalue weighted by Crippen LogP contribution is -2.52. The van der Waals surface area contributed by atoms with Gasteiger partial charge in [0.05, 0.1) is 13.7 Å². The van der Waals surface area contributed by atoms with Gasteiger partial charge in [-0.3, -0.25) is 19.9 Å². The fraction of sp³-hybridized carbons (Fsp3) is 0.550. The number of hydrogen-bond acceptors (Lipinski definition) is 5. The number of methoxy groups -OCH3 is 1. The van der Waals surface area contributed by atoms with Crippen molar-refractivity contribution in [1.29, 1.82) is 0 Å². The van der Waals surface area contributed by atoms with Crippen molar-refractivity contribution >= 4 is 29.4 Å². The molecule has 1 aromatic carbocycles. The lowest BCUT2D eigenvalue weighted by Gasteiger charge is -2.33. The van der Waals surface area contributed by atoms with Crippen LogP contribution >= 0.6 is 11.6 Å². The number of benzene rings is 1. The Morgan fingerprint density at radius 3 is 2.72 bits per heavy atom. The molecule has 0 atom stereocenters. The number of hydrazine groups is 1. The van der Waals surface area contributed by atoms with Crippen molar-refractivity contribution in [2.75, 3.05) is 20.7 Å². The number of hydrogen-bond donors (Lipinski definition) is 2. The molecule has 8 nitrogen and oxygen atoms in total. The van der Waals surface area contributed by atoms with Gasteiger partial charge in [0.15, 0.2) is 0 Å². The van der Waals surface area contributed by atoms with Crippen molar-refractivity contribution in [3.63, 3.8) is 0 Å². The molecule has 158 valence electrons. The number of nitrogens with zero attached hydrogens (tertiary/aromatic N) is 2. The Balaban J connectivity index is 1.58. The molecule has 1 aromatic rings. The Kier molecular flexibility index (Phi) is 6.33. The van der Waals surface area contributed by atoms with Crippen molar-refractivity contribution in [2.45, 2.75) is 44.7 Å². The van der Waals surface area contributed by atoms with Crippen LogP contribution in [-0.4, -0.2) is 54.0 Å². The van der Waals surface area contributed by atoms with E-state index in [1.807, 2.05) is 0 Å². The van der Waals surface area contributed by atoms with Gasteiger partial charge in [-0.05, 0) is 56.8 Å². The topological polar surface area (TPSA) is 91.0 Å². The van der Waals surface area contributed by atoms with Crippen molar-refractivity contribution in [3.05, 3.63) is 28.8 Å². The first kappa shape index (κ1) is 21.4. The number of amides is 4. The van der Waals surface area contributed by atoms with E-state index in [2.05, 4.69) is 17.7 Å². The molecule has 1 heterocycles. The molecule has 0 unspecified atom stereocenters. The molecule has 2 fully saturated rings. The van der Waals surface area contributed by atoms with E-state index in [0.717, 1.165) is 23.4 Å². The van der Waals surface area contributed by atoms with Crippen LogP contribution in [0.3, 0.4) is 0 Å². The van der Waals surface area contributed by atoms with Crippen molar-refractivity contribution in [2.24, 2.45) is 5.92 Å². The summed E-state index contributed by atoms with van der Waals surface area (Å²) in [6.07, 6.45) is 2.94. The Morgan fingerprint density at radius 1 is 1.38 bits per heavy atom. The summed E-state index contributed by atoms with van der Waals surface area (Å²) in [7, 11) is 3.33. The van der Waals surface area contributed by atoms with Gasteiger partial charge in [0.1, 0.15) is 11.3 Å². The fourth-order valence-corrected chi connectivity index (χ4v) is 4.13. The second-order valence-electron chi connectivity index (χ2n) is 8.00. The quantitative estimate of drug-likeness (QED) is 0.686. The van der Waals surface area contributed by atoms with Gasteiger partial charge in [-0.1, -0.05) is 18.5 Å². The maximum Gasteiger partial charge on any atom is 0.344 e. The molecule has 2 aliphatic rings. The molecule has 0 radical (unpaired) electrons. The highest BCUT2D eigenvalue weighted by Gasteiger charge is 2.52. The van der Waals surface area contributed by atoms with Crippen LogP contribution in [0.2, 0.25) is 5.02 Å². The van der Waals surface area contributed by atoms with E-state index in [-0.39, 0.29) is 12.5 Å². The zero-order valence-electron chi connectivity index (χ0n) is 17.0. The van der Waals surface area contributed by atoms with Crippen LogP contribution in [0.5, 0.6) is 5.75 Å². The lowest BCUT2D eigenvalue weighted by molar-refractivity contribution is -0.140. The molecule has 3 rings (SSSR count). The molecule has 1 aliphatic carbocycles. The SMILES string of the molecule is COc1ccc(Cl)cc1CN(C)CC(=O)NN1C(=O)NC2(CCC(C)CC2)C1=O. The van der Waals surface area contributed by atoms with Crippen LogP contribution in [0, 0.1) is 5.92 Å². The van der Waals surface area contributed by atoms with E-state index >= 15 is 0 Å². The first-order valence-corrected chi connectivity index (χ1v) is 10.1. The number of carbonyl (C=O) groups excluding carboxylic acids is 3. The number of nitrogens with one attached hydrogen (secondary N) is 2. The number of urea groups is 1. The van der Waals surface area contributed by atoms with Crippen LogP contribution in [0.1, 0.15) is 38.2 Å². The Bertz CT molecular complexity index is 808. The number of rotatable bonds is 6. The molecule has 1 spiro atoms. The Morgan fingerprint density at radius 2 is 2.07 bits per heavy atom. The van der Waals surface area contributed by atoms with E-state index in [4.69, 9.17) is 16.3 Å². The molecule has 29 heavy (non-hydrogen) atoms. The highest BCUT2D eigenvalue weighted by Crippen LogP contribution is 2.35. The van der Waals surface area contributed by atoms with Crippen LogP contribution in [0.4, 0.5) is 4.79 Å². The third-order valence-corrected chi connectivity index (χ3v) is 5.86. The average molecular weight is 423 g/mol. The summed E-state index contributed by atoms with van der Waals surface area (Å²) in [4.78, 5) is 39.3. The average Bonchev–Trinajstić information content (AvgIpc) is 2.88. The van der Waals surface area contributed by atoms with E-state index in [1.54, 1.807) is 37.3 Å². The van der Waals surface area contributed by atoms with Crippen LogP contribution in [0.25, 0.3) is 0 Å². The number of halogens is 1. The number of imide groups is 1.